The fourth-order valence-electron chi connectivity index (χ4n) is 2.19. The van der Waals surface area contributed by atoms with Crippen molar-refractivity contribution in [3.05, 3.63) is 29.8 Å². The van der Waals surface area contributed by atoms with Crippen LogP contribution in [0.1, 0.15) is 17.3 Å². The summed E-state index contributed by atoms with van der Waals surface area (Å²) in [5.41, 5.74) is 1.17. The first-order chi connectivity index (χ1) is 10.0. The molecule has 2 amide bonds. The number of ketones is 1. The minimum atomic E-state index is -0.299. The van der Waals surface area contributed by atoms with E-state index in [-0.39, 0.29) is 17.9 Å². The van der Waals surface area contributed by atoms with Gasteiger partial charge in [-0.05, 0) is 26.1 Å². The lowest BCUT2D eigenvalue weighted by atomic mass is 10.1. The molecule has 1 fully saturated rings. The highest BCUT2D eigenvalue weighted by Gasteiger charge is 2.18. The molecule has 6 heteroatoms. The van der Waals surface area contributed by atoms with Crippen LogP contribution in [0, 0.1) is 0 Å². The van der Waals surface area contributed by atoms with Crippen molar-refractivity contribution in [1.82, 2.24) is 10.2 Å². The van der Waals surface area contributed by atoms with Gasteiger partial charge in [-0.1, -0.05) is 12.1 Å². The maximum Gasteiger partial charge on any atom is 0.319 e. The minimum absolute atomic E-state index is 0.0121. The highest BCUT2D eigenvalue weighted by Crippen LogP contribution is 2.11. The fraction of sp³-hybridized carbons (Fsp3) is 0.467. The predicted molar refractivity (Wildman–Crippen MR) is 80.7 cm³/mol. The number of likely N-dealkylation sites (N-methyl/N-ethyl adjacent to an activating group) is 1. The SMILES string of the molecule is CC(=O)c1cccc(NC(=O)NCC2CN(C)CCO2)c1. The standard InChI is InChI=1S/C15H21N3O3/c1-11(19)12-4-3-5-13(8-12)17-15(20)16-9-14-10-18(2)6-7-21-14/h3-5,8,14H,6-7,9-10H2,1-2H3,(H2,16,17,20). The Balaban J connectivity index is 1.81. The predicted octanol–water partition coefficient (Wildman–Crippen LogP) is 1.34. The van der Waals surface area contributed by atoms with Crippen LogP contribution in [-0.2, 0) is 4.74 Å². The number of nitrogens with zero attached hydrogens (tertiary/aromatic N) is 1. The molecule has 0 aromatic heterocycles. The molecule has 0 saturated carbocycles. The lowest BCUT2D eigenvalue weighted by Gasteiger charge is -2.30. The molecule has 0 bridgehead atoms. The summed E-state index contributed by atoms with van der Waals surface area (Å²) >= 11 is 0. The van der Waals surface area contributed by atoms with Gasteiger partial charge < -0.3 is 20.3 Å². The number of morpholine rings is 1. The molecule has 114 valence electrons. The molecule has 1 aliphatic rings. The third-order valence-electron chi connectivity index (χ3n) is 3.36. The van der Waals surface area contributed by atoms with Crippen LogP contribution in [-0.4, -0.2) is 56.1 Å². The second-order valence-electron chi connectivity index (χ2n) is 5.23. The van der Waals surface area contributed by atoms with Gasteiger partial charge in [-0.3, -0.25) is 4.79 Å². The van der Waals surface area contributed by atoms with Crippen molar-refractivity contribution < 1.29 is 14.3 Å². The summed E-state index contributed by atoms with van der Waals surface area (Å²) in [7, 11) is 2.03. The molecule has 1 aliphatic heterocycles. The van der Waals surface area contributed by atoms with Crippen molar-refractivity contribution in [2.75, 3.05) is 38.6 Å². The molecule has 0 radical (unpaired) electrons. The second kappa shape index (κ2) is 7.19. The molecule has 2 rings (SSSR count). The van der Waals surface area contributed by atoms with Crippen molar-refractivity contribution in [3.8, 4) is 0 Å². The van der Waals surface area contributed by atoms with E-state index in [0.29, 0.717) is 24.4 Å². The summed E-state index contributed by atoms with van der Waals surface area (Å²) in [4.78, 5) is 25.3. The number of carbonyl (C=O) groups excluding carboxylic acids is 2. The largest absolute Gasteiger partial charge is 0.374 e. The number of carbonyl (C=O) groups is 2. The monoisotopic (exact) mass is 291 g/mol. The number of urea groups is 1. The van der Waals surface area contributed by atoms with E-state index in [1.54, 1.807) is 24.3 Å². The van der Waals surface area contributed by atoms with Crippen LogP contribution in [0.2, 0.25) is 0 Å². The Morgan fingerprint density at radius 3 is 2.95 bits per heavy atom. The molecular formula is C15H21N3O3. The van der Waals surface area contributed by atoms with E-state index in [1.165, 1.54) is 6.92 Å². The van der Waals surface area contributed by atoms with Gasteiger partial charge in [0.25, 0.3) is 0 Å². The lowest BCUT2D eigenvalue weighted by molar-refractivity contribution is -0.0166. The third-order valence-corrected chi connectivity index (χ3v) is 3.36. The van der Waals surface area contributed by atoms with Crippen LogP contribution >= 0.6 is 0 Å². The van der Waals surface area contributed by atoms with Gasteiger partial charge in [0.15, 0.2) is 5.78 Å². The molecule has 0 aliphatic carbocycles. The lowest BCUT2D eigenvalue weighted by Crippen LogP contribution is -2.46. The molecule has 1 saturated heterocycles. The van der Waals surface area contributed by atoms with E-state index in [9.17, 15) is 9.59 Å². The summed E-state index contributed by atoms with van der Waals surface area (Å²) in [6.07, 6.45) is 0.0121. The van der Waals surface area contributed by atoms with Gasteiger partial charge in [0.2, 0.25) is 0 Å². The number of Topliss-reactive ketones (excluding diaryl/α,β-unsaturated/α-hetero) is 1. The summed E-state index contributed by atoms with van der Waals surface area (Å²) in [6, 6.07) is 6.57. The normalized spacial score (nSPS) is 19.0. The maximum absolute atomic E-state index is 11.8. The van der Waals surface area contributed by atoms with Gasteiger partial charge in [0, 0.05) is 30.9 Å². The van der Waals surface area contributed by atoms with Crippen LogP contribution in [0.3, 0.4) is 0 Å². The van der Waals surface area contributed by atoms with Gasteiger partial charge in [0.1, 0.15) is 0 Å². The summed E-state index contributed by atoms with van der Waals surface area (Å²) in [6.45, 7) is 4.37. The number of nitrogens with one attached hydrogen (secondary N) is 2. The maximum atomic E-state index is 11.8. The van der Waals surface area contributed by atoms with E-state index in [4.69, 9.17) is 4.74 Å². The highest BCUT2D eigenvalue weighted by atomic mass is 16.5. The van der Waals surface area contributed by atoms with Crippen molar-refractivity contribution in [2.45, 2.75) is 13.0 Å². The van der Waals surface area contributed by atoms with Crippen LogP contribution in [0.15, 0.2) is 24.3 Å². The average molecular weight is 291 g/mol. The third kappa shape index (κ3) is 4.84. The Kier molecular flexibility index (Phi) is 5.30. The Hall–Kier alpha value is -1.92. The number of hydrogen-bond donors (Lipinski definition) is 2. The van der Waals surface area contributed by atoms with Gasteiger partial charge in [-0.2, -0.15) is 0 Å². The molecule has 1 atom stereocenters. The smallest absolute Gasteiger partial charge is 0.319 e. The first-order valence-electron chi connectivity index (χ1n) is 7.00. The number of amides is 2. The quantitative estimate of drug-likeness (QED) is 0.821. The van der Waals surface area contributed by atoms with Crippen LogP contribution in [0.5, 0.6) is 0 Å². The molecule has 6 nitrogen and oxygen atoms in total. The summed E-state index contributed by atoms with van der Waals surface area (Å²) in [5, 5.41) is 5.50. The van der Waals surface area contributed by atoms with Gasteiger partial charge >= 0.3 is 6.03 Å². The average Bonchev–Trinajstić information content (AvgIpc) is 2.45. The number of rotatable bonds is 4. The number of ether oxygens (including phenoxy) is 1. The molecule has 0 spiro atoms. The zero-order valence-electron chi connectivity index (χ0n) is 12.4. The van der Waals surface area contributed by atoms with Gasteiger partial charge in [-0.15, -0.1) is 0 Å². The van der Waals surface area contributed by atoms with Crippen molar-refractivity contribution in [1.29, 1.82) is 0 Å². The molecule has 1 heterocycles. The summed E-state index contributed by atoms with van der Waals surface area (Å²) in [5.74, 6) is -0.0299. The fourth-order valence-corrected chi connectivity index (χ4v) is 2.19. The van der Waals surface area contributed by atoms with E-state index in [2.05, 4.69) is 15.5 Å². The first-order valence-corrected chi connectivity index (χ1v) is 7.00. The Bertz CT molecular complexity index is 519. The van der Waals surface area contributed by atoms with Crippen LogP contribution in [0.25, 0.3) is 0 Å². The Morgan fingerprint density at radius 2 is 2.24 bits per heavy atom. The zero-order valence-corrected chi connectivity index (χ0v) is 12.4. The topological polar surface area (TPSA) is 70.7 Å². The summed E-state index contributed by atoms with van der Waals surface area (Å²) < 4.78 is 5.57. The van der Waals surface area contributed by atoms with Crippen molar-refractivity contribution >= 4 is 17.5 Å². The molecular weight excluding hydrogens is 270 g/mol. The highest BCUT2D eigenvalue weighted by molar-refractivity contribution is 5.96. The van der Waals surface area contributed by atoms with E-state index >= 15 is 0 Å². The van der Waals surface area contributed by atoms with Crippen LogP contribution in [0.4, 0.5) is 10.5 Å². The molecule has 1 aromatic rings. The second-order valence-corrected chi connectivity index (χ2v) is 5.23. The van der Waals surface area contributed by atoms with Crippen molar-refractivity contribution in [2.24, 2.45) is 0 Å². The first kappa shape index (κ1) is 15.5. The molecule has 2 N–H and O–H groups in total. The minimum Gasteiger partial charge on any atom is -0.374 e. The zero-order chi connectivity index (χ0) is 15.2. The Morgan fingerprint density at radius 1 is 1.43 bits per heavy atom. The number of benzene rings is 1. The molecule has 21 heavy (non-hydrogen) atoms. The van der Waals surface area contributed by atoms with Crippen molar-refractivity contribution in [3.63, 3.8) is 0 Å². The van der Waals surface area contributed by atoms with Gasteiger partial charge in [0.05, 0.1) is 12.7 Å². The molecule has 1 unspecified atom stereocenters. The van der Waals surface area contributed by atoms with Gasteiger partial charge in [-0.25, -0.2) is 4.79 Å². The number of hydrogen-bond acceptors (Lipinski definition) is 4. The number of anilines is 1. The van der Waals surface area contributed by atoms with E-state index in [1.807, 2.05) is 7.05 Å². The van der Waals surface area contributed by atoms with E-state index in [0.717, 1.165) is 13.1 Å². The molecule has 1 aromatic carbocycles. The Labute approximate surface area is 124 Å². The van der Waals surface area contributed by atoms with E-state index < -0.39 is 0 Å². The van der Waals surface area contributed by atoms with Crippen LogP contribution < -0.4 is 10.6 Å².